The normalized spacial score (nSPS) is 13.0. The van der Waals surface area contributed by atoms with Gasteiger partial charge in [0.15, 0.2) is 0 Å². The molecule has 2 amide bonds. The third-order valence-electron chi connectivity index (χ3n) is 6.01. The molecule has 0 saturated heterocycles. The Morgan fingerprint density at radius 3 is 2.56 bits per heavy atom. The number of carbonyl (C=O) groups excluding carboxylic acids is 2. The van der Waals surface area contributed by atoms with Crippen LogP contribution in [0.3, 0.4) is 0 Å². The van der Waals surface area contributed by atoms with E-state index < -0.39 is 5.82 Å². The first-order valence-corrected chi connectivity index (χ1v) is 11.6. The Morgan fingerprint density at radius 2 is 1.85 bits per heavy atom. The first-order chi connectivity index (χ1) is 16.5. The van der Waals surface area contributed by atoms with E-state index in [0.717, 1.165) is 25.1 Å². The van der Waals surface area contributed by atoms with Crippen LogP contribution < -0.4 is 0 Å². The molecule has 7 heteroatoms. The number of nitrogens with zero attached hydrogens (tertiary/aromatic N) is 3. The number of halogens is 1. The Hall–Kier alpha value is -3.45. The highest BCUT2D eigenvalue weighted by atomic mass is 19.1. The van der Waals surface area contributed by atoms with Gasteiger partial charge in [-0.05, 0) is 48.7 Å². The molecule has 1 saturated carbocycles. The number of hydrogen-bond acceptors (Lipinski definition) is 3. The number of hydrogen-bond donors (Lipinski definition) is 0. The molecule has 6 nitrogen and oxygen atoms in total. The number of ether oxygens (including phenoxy) is 1. The highest BCUT2D eigenvalue weighted by Gasteiger charge is 2.34. The maximum Gasteiger partial charge on any atom is 0.254 e. The molecule has 0 atom stereocenters. The quantitative estimate of drug-likeness (QED) is 0.433. The number of rotatable bonds is 11. The van der Waals surface area contributed by atoms with Crippen molar-refractivity contribution in [2.45, 2.75) is 32.0 Å². The third kappa shape index (κ3) is 6.11. The average molecular weight is 464 g/mol. The fourth-order valence-corrected chi connectivity index (χ4v) is 4.02. The molecule has 34 heavy (non-hydrogen) atoms. The monoisotopic (exact) mass is 463 g/mol. The smallest absolute Gasteiger partial charge is 0.254 e. The van der Waals surface area contributed by atoms with Crippen molar-refractivity contribution in [2.75, 3.05) is 26.8 Å². The third-order valence-corrected chi connectivity index (χ3v) is 6.01. The van der Waals surface area contributed by atoms with Crippen LogP contribution in [0.25, 0.3) is 0 Å². The zero-order chi connectivity index (χ0) is 23.9. The second-order valence-electron chi connectivity index (χ2n) is 8.60. The van der Waals surface area contributed by atoms with Crippen molar-refractivity contribution in [1.82, 2.24) is 14.4 Å². The summed E-state index contributed by atoms with van der Waals surface area (Å²) in [5.74, 6) is -0.980. The van der Waals surface area contributed by atoms with E-state index in [0.29, 0.717) is 6.54 Å². The minimum atomic E-state index is -0.484. The minimum absolute atomic E-state index is 0.0748. The largest absolute Gasteiger partial charge is 0.383 e. The van der Waals surface area contributed by atoms with Crippen LogP contribution in [0.1, 0.15) is 34.5 Å². The van der Waals surface area contributed by atoms with Crippen LogP contribution >= 0.6 is 0 Å². The minimum Gasteiger partial charge on any atom is -0.383 e. The molecule has 3 aromatic rings. The summed E-state index contributed by atoms with van der Waals surface area (Å²) < 4.78 is 21.0. The predicted molar refractivity (Wildman–Crippen MR) is 128 cm³/mol. The van der Waals surface area contributed by atoms with Crippen molar-refractivity contribution < 1.29 is 18.7 Å². The Bertz CT molecular complexity index is 1110. The molecular weight excluding hydrogens is 433 g/mol. The van der Waals surface area contributed by atoms with E-state index in [1.54, 1.807) is 13.2 Å². The highest BCUT2D eigenvalue weighted by Crippen LogP contribution is 2.29. The molecule has 1 aliphatic rings. The van der Waals surface area contributed by atoms with Crippen molar-refractivity contribution in [3.63, 3.8) is 0 Å². The molecule has 1 fully saturated rings. The van der Waals surface area contributed by atoms with Crippen LogP contribution in [0.2, 0.25) is 0 Å². The van der Waals surface area contributed by atoms with Crippen LogP contribution in [0.5, 0.6) is 0 Å². The maximum atomic E-state index is 13.7. The number of benzene rings is 2. The molecule has 0 spiro atoms. The van der Waals surface area contributed by atoms with Gasteiger partial charge >= 0.3 is 0 Å². The summed E-state index contributed by atoms with van der Waals surface area (Å²) in [5, 5.41) is 0. The van der Waals surface area contributed by atoms with Gasteiger partial charge in [-0.3, -0.25) is 9.59 Å². The molecule has 0 bridgehead atoms. The van der Waals surface area contributed by atoms with E-state index in [1.807, 2.05) is 41.4 Å². The molecule has 178 valence electrons. The lowest BCUT2D eigenvalue weighted by atomic mass is 10.2. The second-order valence-corrected chi connectivity index (χ2v) is 8.60. The fourth-order valence-electron chi connectivity index (χ4n) is 4.02. The zero-order valence-corrected chi connectivity index (χ0v) is 19.4. The summed E-state index contributed by atoms with van der Waals surface area (Å²) in [6.07, 6.45) is 3.94. The average Bonchev–Trinajstić information content (AvgIpc) is 3.60. The molecule has 4 rings (SSSR count). The van der Waals surface area contributed by atoms with E-state index in [-0.39, 0.29) is 43.1 Å². The molecular formula is C27H30FN3O3. The summed E-state index contributed by atoms with van der Waals surface area (Å²) in [6.45, 7) is 1.68. The Kier molecular flexibility index (Phi) is 7.75. The van der Waals surface area contributed by atoms with Crippen molar-refractivity contribution in [2.24, 2.45) is 0 Å². The van der Waals surface area contributed by atoms with Crippen molar-refractivity contribution in [1.29, 1.82) is 0 Å². The number of carbonyl (C=O) groups is 2. The lowest BCUT2D eigenvalue weighted by molar-refractivity contribution is -0.133. The zero-order valence-electron chi connectivity index (χ0n) is 19.4. The maximum absolute atomic E-state index is 13.7. The van der Waals surface area contributed by atoms with Crippen LogP contribution in [0.15, 0.2) is 72.9 Å². The van der Waals surface area contributed by atoms with Crippen LogP contribution in [0.4, 0.5) is 4.39 Å². The van der Waals surface area contributed by atoms with Gasteiger partial charge in [-0.25, -0.2) is 4.39 Å². The number of aromatic nitrogens is 1. The van der Waals surface area contributed by atoms with Gasteiger partial charge in [0.2, 0.25) is 5.91 Å². The van der Waals surface area contributed by atoms with Gasteiger partial charge in [0.1, 0.15) is 12.4 Å². The van der Waals surface area contributed by atoms with E-state index in [1.165, 1.54) is 28.7 Å². The van der Waals surface area contributed by atoms with Crippen molar-refractivity contribution >= 4 is 11.8 Å². The molecule has 1 heterocycles. The van der Waals surface area contributed by atoms with Gasteiger partial charge in [0.25, 0.3) is 5.91 Å². The Labute approximate surface area is 199 Å². The van der Waals surface area contributed by atoms with Crippen LogP contribution in [0, 0.1) is 5.82 Å². The summed E-state index contributed by atoms with van der Waals surface area (Å²) in [4.78, 5) is 29.8. The molecule has 0 N–H and O–H groups in total. The number of amides is 2. The summed E-state index contributed by atoms with van der Waals surface area (Å²) in [6, 6.07) is 19.9. The van der Waals surface area contributed by atoms with Crippen LogP contribution in [-0.4, -0.2) is 59.0 Å². The van der Waals surface area contributed by atoms with Gasteiger partial charge in [0, 0.05) is 43.7 Å². The molecule has 1 aromatic heterocycles. The van der Waals surface area contributed by atoms with Gasteiger partial charge in [-0.2, -0.15) is 0 Å². The summed E-state index contributed by atoms with van der Waals surface area (Å²) in [7, 11) is 1.55. The fraction of sp³-hybridized carbons (Fsp3) is 0.333. The van der Waals surface area contributed by atoms with E-state index in [4.69, 9.17) is 4.74 Å². The SMILES string of the molecule is COCCN(CC(=O)N(Cc1cccn1Cc1ccccc1)C1CC1)C(=O)c1cccc(F)c1. The molecule has 0 radical (unpaired) electrons. The Balaban J connectivity index is 1.48. The number of methoxy groups -OCH3 is 1. The molecule has 1 aliphatic carbocycles. The lowest BCUT2D eigenvalue weighted by Gasteiger charge is -2.28. The molecule has 0 unspecified atom stereocenters. The summed E-state index contributed by atoms with van der Waals surface area (Å²) >= 11 is 0. The highest BCUT2D eigenvalue weighted by molar-refractivity contribution is 5.96. The van der Waals surface area contributed by atoms with Crippen molar-refractivity contribution in [3.8, 4) is 0 Å². The lowest BCUT2D eigenvalue weighted by Crippen LogP contribution is -2.45. The van der Waals surface area contributed by atoms with Gasteiger partial charge in [-0.15, -0.1) is 0 Å². The second kappa shape index (κ2) is 11.1. The standard InChI is InChI=1S/C27H30FN3O3/c1-34-16-15-30(27(33)22-9-5-10-23(28)17-22)20-26(32)31(24-12-13-24)19-25-11-6-14-29(25)18-21-7-3-2-4-8-21/h2-11,14,17,24H,12-13,15-16,18-20H2,1H3. The van der Waals surface area contributed by atoms with Crippen molar-refractivity contribution in [3.05, 3.63) is 95.6 Å². The van der Waals surface area contributed by atoms with Crippen LogP contribution in [-0.2, 0) is 22.6 Å². The van der Waals surface area contributed by atoms with E-state index in [9.17, 15) is 14.0 Å². The Morgan fingerprint density at radius 1 is 1.06 bits per heavy atom. The first kappa shape index (κ1) is 23.7. The predicted octanol–water partition coefficient (Wildman–Crippen LogP) is 3.96. The topological polar surface area (TPSA) is 54.8 Å². The molecule has 2 aromatic carbocycles. The van der Waals surface area contributed by atoms with E-state index >= 15 is 0 Å². The van der Waals surface area contributed by atoms with Gasteiger partial charge < -0.3 is 19.1 Å². The van der Waals surface area contributed by atoms with Gasteiger partial charge in [0.05, 0.1) is 13.2 Å². The molecule has 0 aliphatic heterocycles. The van der Waals surface area contributed by atoms with E-state index in [2.05, 4.69) is 16.7 Å². The van der Waals surface area contributed by atoms with Gasteiger partial charge in [-0.1, -0.05) is 36.4 Å². The first-order valence-electron chi connectivity index (χ1n) is 11.6. The summed E-state index contributed by atoms with van der Waals surface area (Å²) in [5.41, 5.74) is 2.46.